The molecule has 1 saturated heterocycles. The van der Waals surface area contributed by atoms with Gasteiger partial charge >= 0.3 is 0 Å². The Kier molecular flexibility index (Phi) is 3.89. The Balaban J connectivity index is 2.26. The quantitative estimate of drug-likeness (QED) is 0.515. The van der Waals surface area contributed by atoms with Crippen LogP contribution >= 0.6 is 0 Å². The van der Waals surface area contributed by atoms with Crippen LogP contribution in [0.15, 0.2) is 18.2 Å². The number of nitrogens with zero attached hydrogens (tertiary/aromatic N) is 2. The summed E-state index contributed by atoms with van der Waals surface area (Å²) in [7, 11) is 0. The van der Waals surface area contributed by atoms with Crippen molar-refractivity contribution >= 4 is 17.3 Å². The van der Waals surface area contributed by atoms with E-state index in [0.29, 0.717) is 24.7 Å². The Bertz CT molecular complexity index is 578. The smallest absolute Gasteiger partial charge is 0.282 e. The lowest BCUT2D eigenvalue weighted by atomic mass is 9.80. The summed E-state index contributed by atoms with van der Waals surface area (Å²) in [6.45, 7) is 7.71. The fourth-order valence-electron chi connectivity index (χ4n) is 2.71. The minimum Gasteiger partial charge on any atom is -0.399 e. The monoisotopic (exact) mass is 291 g/mol. The molecule has 0 saturated carbocycles. The third kappa shape index (κ3) is 3.15. The summed E-state index contributed by atoms with van der Waals surface area (Å²) in [4.78, 5) is 24.8. The third-order valence-electron chi connectivity index (χ3n) is 4.15. The van der Waals surface area contributed by atoms with Crippen molar-refractivity contribution in [3.8, 4) is 0 Å². The van der Waals surface area contributed by atoms with Crippen LogP contribution in [0.4, 0.5) is 11.4 Å². The van der Waals surface area contributed by atoms with E-state index in [2.05, 4.69) is 20.8 Å². The normalized spacial score (nSPS) is 18.8. The lowest BCUT2D eigenvalue weighted by Gasteiger charge is -2.27. The van der Waals surface area contributed by atoms with Crippen LogP contribution in [0.3, 0.4) is 0 Å². The Labute approximate surface area is 124 Å². The maximum Gasteiger partial charge on any atom is 0.282 e. The molecule has 6 nitrogen and oxygen atoms in total. The molecule has 1 aromatic rings. The molecule has 1 amide bonds. The molecule has 114 valence electrons. The van der Waals surface area contributed by atoms with E-state index in [-0.39, 0.29) is 22.6 Å². The zero-order valence-corrected chi connectivity index (χ0v) is 12.6. The van der Waals surface area contributed by atoms with E-state index in [9.17, 15) is 14.9 Å². The van der Waals surface area contributed by atoms with Gasteiger partial charge in [0.15, 0.2) is 0 Å². The number of likely N-dealkylation sites (tertiary alicyclic amines) is 1. The van der Waals surface area contributed by atoms with Crippen molar-refractivity contribution in [2.24, 2.45) is 11.3 Å². The van der Waals surface area contributed by atoms with Crippen LogP contribution in [0.2, 0.25) is 0 Å². The fraction of sp³-hybridized carbons (Fsp3) is 0.533. The summed E-state index contributed by atoms with van der Waals surface area (Å²) in [5.74, 6) is 0.0994. The number of nitro benzene ring substituents is 1. The van der Waals surface area contributed by atoms with Crippen LogP contribution in [0, 0.1) is 21.4 Å². The first kappa shape index (κ1) is 15.3. The van der Waals surface area contributed by atoms with Gasteiger partial charge in [0.2, 0.25) is 0 Å². The number of amides is 1. The average Bonchev–Trinajstić information content (AvgIpc) is 2.86. The number of carbonyl (C=O) groups excluding carboxylic acids is 1. The van der Waals surface area contributed by atoms with Crippen LogP contribution in [0.1, 0.15) is 37.6 Å². The summed E-state index contributed by atoms with van der Waals surface area (Å²) >= 11 is 0. The first-order valence-corrected chi connectivity index (χ1v) is 7.03. The number of nitrogens with two attached hydrogens (primary N) is 1. The molecule has 0 aromatic heterocycles. The molecule has 2 N–H and O–H groups in total. The molecule has 0 aliphatic carbocycles. The molecule has 2 rings (SSSR count). The molecular formula is C15H21N3O3. The number of carbonyl (C=O) groups is 1. The molecule has 1 heterocycles. The molecule has 1 aliphatic heterocycles. The van der Waals surface area contributed by atoms with E-state index in [1.54, 1.807) is 4.90 Å². The summed E-state index contributed by atoms with van der Waals surface area (Å²) in [6, 6.07) is 4.13. The molecule has 1 aliphatic rings. The summed E-state index contributed by atoms with van der Waals surface area (Å²) < 4.78 is 0. The van der Waals surface area contributed by atoms with Crippen molar-refractivity contribution in [3.63, 3.8) is 0 Å². The van der Waals surface area contributed by atoms with Crippen LogP contribution < -0.4 is 5.73 Å². The molecule has 1 aromatic carbocycles. The third-order valence-corrected chi connectivity index (χ3v) is 4.15. The lowest BCUT2D eigenvalue weighted by Crippen LogP contribution is -2.31. The van der Waals surface area contributed by atoms with Gasteiger partial charge in [0, 0.05) is 24.8 Å². The summed E-state index contributed by atoms with van der Waals surface area (Å²) in [5.41, 5.74) is 6.04. The van der Waals surface area contributed by atoms with E-state index < -0.39 is 4.92 Å². The average molecular weight is 291 g/mol. The Morgan fingerprint density at radius 2 is 2.10 bits per heavy atom. The van der Waals surface area contributed by atoms with Gasteiger partial charge in [-0.25, -0.2) is 0 Å². The minimum atomic E-state index is -0.538. The lowest BCUT2D eigenvalue weighted by molar-refractivity contribution is -0.385. The van der Waals surface area contributed by atoms with Crippen LogP contribution in [-0.4, -0.2) is 28.8 Å². The Morgan fingerprint density at radius 1 is 1.43 bits per heavy atom. The van der Waals surface area contributed by atoms with Crippen molar-refractivity contribution in [1.29, 1.82) is 0 Å². The predicted octanol–water partition coefficient (Wildman–Crippen LogP) is 2.69. The SMILES string of the molecule is CC(C)(C)C1CCN(C(=O)c2cc(N)ccc2[N+](=O)[O-])C1. The highest BCUT2D eigenvalue weighted by Gasteiger charge is 2.35. The van der Waals surface area contributed by atoms with Gasteiger partial charge in [-0.05, 0) is 29.9 Å². The second-order valence-corrected chi connectivity index (χ2v) is 6.64. The van der Waals surface area contributed by atoms with E-state index in [1.165, 1.54) is 18.2 Å². The van der Waals surface area contributed by atoms with E-state index >= 15 is 0 Å². The zero-order valence-electron chi connectivity index (χ0n) is 12.6. The number of nitro groups is 1. The molecule has 0 radical (unpaired) electrons. The van der Waals surface area contributed by atoms with Crippen LogP contribution in [-0.2, 0) is 0 Å². The van der Waals surface area contributed by atoms with Gasteiger partial charge in [-0.3, -0.25) is 14.9 Å². The van der Waals surface area contributed by atoms with Crippen LogP contribution in [0.5, 0.6) is 0 Å². The van der Waals surface area contributed by atoms with Gasteiger partial charge < -0.3 is 10.6 Å². The van der Waals surface area contributed by atoms with Crippen molar-refractivity contribution in [3.05, 3.63) is 33.9 Å². The molecule has 21 heavy (non-hydrogen) atoms. The van der Waals surface area contributed by atoms with E-state index in [0.717, 1.165) is 6.42 Å². The maximum absolute atomic E-state index is 12.6. The van der Waals surface area contributed by atoms with Gasteiger partial charge in [-0.15, -0.1) is 0 Å². The number of hydrogen-bond acceptors (Lipinski definition) is 4. The Morgan fingerprint density at radius 3 is 2.62 bits per heavy atom. The van der Waals surface area contributed by atoms with Gasteiger partial charge in [0.05, 0.1) is 4.92 Å². The number of hydrogen-bond donors (Lipinski definition) is 1. The highest BCUT2D eigenvalue weighted by Crippen LogP contribution is 2.35. The predicted molar refractivity (Wildman–Crippen MR) is 81.0 cm³/mol. The fourth-order valence-corrected chi connectivity index (χ4v) is 2.71. The highest BCUT2D eigenvalue weighted by atomic mass is 16.6. The molecule has 0 bridgehead atoms. The molecular weight excluding hydrogens is 270 g/mol. The van der Waals surface area contributed by atoms with Crippen molar-refractivity contribution in [2.75, 3.05) is 18.8 Å². The van der Waals surface area contributed by atoms with E-state index in [1.807, 2.05) is 0 Å². The first-order valence-electron chi connectivity index (χ1n) is 7.03. The number of rotatable bonds is 2. The minimum absolute atomic E-state index is 0.0783. The summed E-state index contributed by atoms with van der Waals surface area (Å²) in [6.07, 6.45) is 0.922. The summed E-state index contributed by atoms with van der Waals surface area (Å²) in [5, 5.41) is 11.1. The maximum atomic E-state index is 12.6. The molecule has 1 atom stereocenters. The van der Waals surface area contributed by atoms with Gasteiger partial charge in [0.25, 0.3) is 11.6 Å². The van der Waals surface area contributed by atoms with Gasteiger partial charge in [-0.2, -0.15) is 0 Å². The topological polar surface area (TPSA) is 89.5 Å². The second-order valence-electron chi connectivity index (χ2n) is 6.64. The van der Waals surface area contributed by atoms with Gasteiger partial charge in [-0.1, -0.05) is 20.8 Å². The van der Waals surface area contributed by atoms with Crippen molar-refractivity contribution < 1.29 is 9.72 Å². The zero-order chi connectivity index (χ0) is 15.8. The van der Waals surface area contributed by atoms with Gasteiger partial charge in [0.1, 0.15) is 5.56 Å². The van der Waals surface area contributed by atoms with Crippen molar-refractivity contribution in [2.45, 2.75) is 27.2 Å². The number of anilines is 1. The largest absolute Gasteiger partial charge is 0.399 e. The Hall–Kier alpha value is -2.11. The standard InChI is InChI=1S/C15H21N3O3/c1-15(2,3)10-6-7-17(9-10)14(19)12-8-11(16)4-5-13(12)18(20)21/h4-5,8,10H,6-7,9,16H2,1-3H3. The van der Waals surface area contributed by atoms with Crippen LogP contribution in [0.25, 0.3) is 0 Å². The first-order chi connectivity index (χ1) is 9.70. The van der Waals surface area contributed by atoms with E-state index in [4.69, 9.17) is 5.73 Å². The molecule has 6 heteroatoms. The second kappa shape index (κ2) is 5.35. The highest BCUT2D eigenvalue weighted by molar-refractivity contribution is 5.99. The molecule has 1 fully saturated rings. The number of benzene rings is 1. The van der Waals surface area contributed by atoms with Crippen molar-refractivity contribution in [1.82, 2.24) is 4.90 Å². The molecule has 0 spiro atoms. The molecule has 1 unspecified atom stereocenters. The number of nitrogen functional groups attached to an aromatic ring is 1.